The zero-order valence-electron chi connectivity index (χ0n) is 17.6. The summed E-state index contributed by atoms with van der Waals surface area (Å²) in [5, 5.41) is 8.83. The van der Waals surface area contributed by atoms with Crippen molar-refractivity contribution in [3.63, 3.8) is 0 Å². The van der Waals surface area contributed by atoms with E-state index in [0.29, 0.717) is 16.5 Å². The Morgan fingerprint density at radius 2 is 1.81 bits per heavy atom. The summed E-state index contributed by atoms with van der Waals surface area (Å²) >= 11 is 0. The van der Waals surface area contributed by atoms with Gasteiger partial charge in [0, 0.05) is 24.6 Å². The largest absolute Gasteiger partial charge is 0.352 e. The summed E-state index contributed by atoms with van der Waals surface area (Å²) in [6.07, 6.45) is 0.797. The van der Waals surface area contributed by atoms with Gasteiger partial charge in [0.05, 0.1) is 17.3 Å². The van der Waals surface area contributed by atoms with Crippen molar-refractivity contribution in [2.45, 2.75) is 39.8 Å². The number of aryl methyl sites for hydroxylation is 1. The lowest BCUT2D eigenvalue weighted by Crippen LogP contribution is -2.32. The molecule has 0 saturated carbocycles. The number of hydrogen-bond acceptors (Lipinski definition) is 4. The fraction of sp³-hybridized carbons (Fsp3) is 0.304. The third-order valence-corrected chi connectivity index (χ3v) is 5.19. The van der Waals surface area contributed by atoms with Gasteiger partial charge in [-0.2, -0.15) is 0 Å². The van der Waals surface area contributed by atoms with E-state index in [4.69, 9.17) is 0 Å². The fourth-order valence-electron chi connectivity index (χ4n) is 3.12. The number of amides is 2. The highest BCUT2D eigenvalue weighted by atomic mass is 16.2. The lowest BCUT2D eigenvalue weighted by atomic mass is 10.1. The summed E-state index contributed by atoms with van der Waals surface area (Å²) in [7, 11) is 0. The minimum absolute atomic E-state index is 0.0403. The van der Waals surface area contributed by atoms with Gasteiger partial charge < -0.3 is 10.6 Å². The molecule has 0 fully saturated rings. The molecule has 2 aromatic carbocycles. The standard InChI is InChI=1S/C23H26N4O4/c1-3-15(2)21(29)25-17-8-6-7-16(13-17)14-24-20(28)11-12-27-23(31)19-10-5-4-9-18(19)22(30)26-27/h4-10,13,15H,3,11-12,14H2,1-2H3,(H,24,28)(H,25,29)(H,26,30). The van der Waals surface area contributed by atoms with E-state index >= 15 is 0 Å². The van der Waals surface area contributed by atoms with Crippen LogP contribution in [0.15, 0.2) is 58.1 Å². The summed E-state index contributed by atoms with van der Waals surface area (Å²) in [6, 6.07) is 13.8. The SMILES string of the molecule is CCC(C)C(=O)Nc1cccc(CNC(=O)CCn2[nH]c(=O)c3ccccc3c2=O)c1. The van der Waals surface area contributed by atoms with Gasteiger partial charge >= 0.3 is 0 Å². The van der Waals surface area contributed by atoms with Crippen LogP contribution in [-0.4, -0.2) is 21.6 Å². The Morgan fingerprint density at radius 1 is 1.06 bits per heavy atom. The van der Waals surface area contributed by atoms with Crippen LogP contribution in [0.3, 0.4) is 0 Å². The average molecular weight is 422 g/mol. The number of benzene rings is 2. The Morgan fingerprint density at radius 3 is 2.55 bits per heavy atom. The number of hydrogen-bond donors (Lipinski definition) is 3. The minimum atomic E-state index is -0.369. The molecule has 1 heterocycles. The Balaban J connectivity index is 1.58. The molecule has 1 aromatic heterocycles. The zero-order valence-corrected chi connectivity index (χ0v) is 17.6. The summed E-state index contributed by atoms with van der Waals surface area (Å²) in [5.74, 6) is -0.373. The van der Waals surface area contributed by atoms with Gasteiger partial charge in [0.1, 0.15) is 0 Å². The maximum atomic E-state index is 12.5. The van der Waals surface area contributed by atoms with Gasteiger partial charge in [0.2, 0.25) is 11.8 Å². The maximum absolute atomic E-state index is 12.5. The molecule has 3 N–H and O–H groups in total. The van der Waals surface area contributed by atoms with E-state index in [1.165, 1.54) is 0 Å². The van der Waals surface area contributed by atoms with Crippen molar-refractivity contribution < 1.29 is 9.59 Å². The summed E-state index contributed by atoms with van der Waals surface area (Å²) in [6.45, 7) is 4.18. The monoisotopic (exact) mass is 422 g/mol. The molecule has 162 valence electrons. The quantitative estimate of drug-likeness (QED) is 0.517. The predicted octanol–water partition coefficient (Wildman–Crippen LogP) is 2.38. The van der Waals surface area contributed by atoms with Gasteiger partial charge in [-0.15, -0.1) is 0 Å². The molecule has 3 aromatic rings. The molecule has 0 aliphatic rings. The van der Waals surface area contributed by atoms with Crippen LogP contribution in [0.2, 0.25) is 0 Å². The van der Waals surface area contributed by atoms with E-state index in [-0.39, 0.29) is 48.4 Å². The number of carbonyl (C=O) groups is 2. The number of carbonyl (C=O) groups excluding carboxylic acids is 2. The van der Waals surface area contributed by atoms with Crippen LogP contribution in [0, 0.1) is 5.92 Å². The van der Waals surface area contributed by atoms with E-state index in [2.05, 4.69) is 15.7 Å². The van der Waals surface area contributed by atoms with Crippen molar-refractivity contribution in [1.82, 2.24) is 15.1 Å². The number of aromatic nitrogens is 2. The Hall–Kier alpha value is -3.68. The number of rotatable bonds is 8. The number of nitrogens with zero attached hydrogens (tertiary/aromatic N) is 1. The molecule has 2 amide bonds. The molecular weight excluding hydrogens is 396 g/mol. The maximum Gasteiger partial charge on any atom is 0.273 e. The number of aromatic amines is 1. The van der Waals surface area contributed by atoms with Crippen LogP contribution in [-0.2, 0) is 22.7 Å². The van der Waals surface area contributed by atoms with Gasteiger partial charge in [-0.25, -0.2) is 4.68 Å². The number of fused-ring (bicyclic) bond motifs is 1. The van der Waals surface area contributed by atoms with E-state index < -0.39 is 0 Å². The van der Waals surface area contributed by atoms with Gasteiger partial charge in [0.25, 0.3) is 11.1 Å². The molecular formula is C23H26N4O4. The molecule has 3 rings (SSSR count). The Kier molecular flexibility index (Phi) is 7.02. The molecule has 0 radical (unpaired) electrons. The van der Waals surface area contributed by atoms with Crippen molar-refractivity contribution in [2.24, 2.45) is 5.92 Å². The smallest absolute Gasteiger partial charge is 0.273 e. The summed E-state index contributed by atoms with van der Waals surface area (Å²) in [4.78, 5) is 48.9. The molecule has 1 atom stereocenters. The van der Waals surface area contributed by atoms with E-state index in [1.807, 2.05) is 32.0 Å². The van der Waals surface area contributed by atoms with Crippen LogP contribution in [0.25, 0.3) is 10.8 Å². The second-order valence-corrected chi connectivity index (χ2v) is 7.47. The normalized spacial score (nSPS) is 11.8. The fourth-order valence-corrected chi connectivity index (χ4v) is 3.12. The Labute approximate surface area is 179 Å². The Bertz CT molecular complexity index is 1210. The van der Waals surface area contributed by atoms with Crippen molar-refractivity contribution in [1.29, 1.82) is 0 Å². The molecule has 1 unspecified atom stereocenters. The summed E-state index contributed by atoms with van der Waals surface area (Å²) in [5.41, 5.74) is 0.809. The highest BCUT2D eigenvalue weighted by Crippen LogP contribution is 2.13. The molecule has 31 heavy (non-hydrogen) atoms. The average Bonchev–Trinajstić information content (AvgIpc) is 2.78. The second kappa shape index (κ2) is 9.88. The number of nitrogens with one attached hydrogen (secondary N) is 3. The van der Waals surface area contributed by atoms with Crippen molar-refractivity contribution in [2.75, 3.05) is 5.32 Å². The van der Waals surface area contributed by atoms with Crippen LogP contribution >= 0.6 is 0 Å². The first-order valence-corrected chi connectivity index (χ1v) is 10.3. The molecule has 8 heteroatoms. The minimum Gasteiger partial charge on any atom is -0.352 e. The lowest BCUT2D eigenvalue weighted by Gasteiger charge is -2.12. The van der Waals surface area contributed by atoms with Crippen molar-refractivity contribution in [3.05, 3.63) is 74.8 Å². The summed E-state index contributed by atoms with van der Waals surface area (Å²) < 4.78 is 1.16. The third-order valence-electron chi connectivity index (χ3n) is 5.19. The topological polar surface area (TPSA) is 113 Å². The lowest BCUT2D eigenvalue weighted by molar-refractivity contribution is -0.121. The van der Waals surface area contributed by atoms with Crippen molar-refractivity contribution in [3.8, 4) is 0 Å². The first-order valence-electron chi connectivity index (χ1n) is 10.3. The molecule has 0 aliphatic carbocycles. The van der Waals surface area contributed by atoms with Gasteiger partial charge in [-0.05, 0) is 36.2 Å². The third kappa shape index (κ3) is 5.48. The molecule has 0 bridgehead atoms. The van der Waals surface area contributed by atoms with Crippen LogP contribution < -0.4 is 21.8 Å². The van der Waals surface area contributed by atoms with E-state index in [0.717, 1.165) is 16.7 Å². The van der Waals surface area contributed by atoms with Crippen molar-refractivity contribution >= 4 is 28.3 Å². The van der Waals surface area contributed by atoms with Crippen LogP contribution in [0.4, 0.5) is 5.69 Å². The predicted molar refractivity (Wildman–Crippen MR) is 120 cm³/mol. The van der Waals surface area contributed by atoms with Gasteiger partial charge in [-0.3, -0.25) is 24.3 Å². The molecule has 0 spiro atoms. The highest BCUT2D eigenvalue weighted by Gasteiger charge is 2.11. The highest BCUT2D eigenvalue weighted by molar-refractivity contribution is 5.92. The van der Waals surface area contributed by atoms with Crippen LogP contribution in [0.1, 0.15) is 32.3 Å². The van der Waals surface area contributed by atoms with Gasteiger partial charge in [0.15, 0.2) is 0 Å². The first kappa shape index (κ1) is 22.0. The number of anilines is 1. The molecule has 0 aliphatic heterocycles. The second-order valence-electron chi connectivity index (χ2n) is 7.47. The zero-order chi connectivity index (χ0) is 22.4. The van der Waals surface area contributed by atoms with E-state index in [9.17, 15) is 19.2 Å². The molecule has 0 saturated heterocycles. The van der Waals surface area contributed by atoms with Gasteiger partial charge in [-0.1, -0.05) is 38.1 Å². The number of H-pyrrole nitrogens is 1. The van der Waals surface area contributed by atoms with E-state index in [1.54, 1.807) is 30.3 Å². The molecule has 8 nitrogen and oxygen atoms in total. The van der Waals surface area contributed by atoms with Crippen LogP contribution in [0.5, 0.6) is 0 Å². The first-order chi connectivity index (χ1) is 14.9.